The summed E-state index contributed by atoms with van der Waals surface area (Å²) in [6.07, 6.45) is 5.76. The molecule has 1 aliphatic heterocycles. The van der Waals surface area contributed by atoms with Gasteiger partial charge in [0.05, 0.1) is 11.4 Å². The molecule has 3 heteroatoms. The summed E-state index contributed by atoms with van der Waals surface area (Å²) in [4.78, 5) is 4.22. The molecular weight excluding hydrogens is 150 g/mol. The summed E-state index contributed by atoms with van der Waals surface area (Å²) in [6.45, 7) is 4.53. The smallest absolute Gasteiger partial charge is 0.0764 e. The molecule has 1 heterocycles. The summed E-state index contributed by atoms with van der Waals surface area (Å²) in [5.74, 6) is 0. The number of nitrogens with zero attached hydrogens (tertiary/aromatic N) is 1. The van der Waals surface area contributed by atoms with Gasteiger partial charge in [-0.3, -0.25) is 4.99 Å². The van der Waals surface area contributed by atoms with Gasteiger partial charge in [-0.15, -0.1) is 0 Å². The molecule has 4 N–H and O–H groups in total. The van der Waals surface area contributed by atoms with E-state index in [9.17, 15) is 0 Å². The average molecular weight is 165 g/mol. The van der Waals surface area contributed by atoms with Crippen molar-refractivity contribution < 1.29 is 0 Å². The Kier molecular flexibility index (Phi) is 2.33. The van der Waals surface area contributed by atoms with E-state index in [0.717, 1.165) is 5.70 Å². The number of rotatable bonds is 1. The van der Waals surface area contributed by atoms with Crippen LogP contribution < -0.4 is 11.5 Å². The third-order valence-electron chi connectivity index (χ3n) is 1.77. The zero-order chi connectivity index (χ0) is 9.19. The Labute approximate surface area is 72.8 Å². The maximum atomic E-state index is 5.71. The van der Waals surface area contributed by atoms with Gasteiger partial charge in [-0.25, -0.2) is 0 Å². The van der Waals surface area contributed by atoms with E-state index in [-0.39, 0.29) is 5.41 Å². The molecular formula is C9H15N3. The Morgan fingerprint density at radius 3 is 2.75 bits per heavy atom. The second-order valence-corrected chi connectivity index (χ2v) is 3.52. The predicted octanol–water partition coefficient (Wildman–Crippen LogP) is 0.782. The molecule has 12 heavy (non-hydrogen) atoms. The maximum absolute atomic E-state index is 5.71. The van der Waals surface area contributed by atoms with Crippen molar-refractivity contribution in [1.29, 1.82) is 0 Å². The topological polar surface area (TPSA) is 64.4 Å². The van der Waals surface area contributed by atoms with Crippen molar-refractivity contribution in [3.05, 3.63) is 23.5 Å². The first kappa shape index (κ1) is 9.00. The van der Waals surface area contributed by atoms with Crippen LogP contribution in [0.25, 0.3) is 0 Å². The Balaban J connectivity index is 2.99. The van der Waals surface area contributed by atoms with Crippen LogP contribution in [0.1, 0.15) is 13.8 Å². The minimum atomic E-state index is -0.0262. The highest BCUT2D eigenvalue weighted by Crippen LogP contribution is 2.18. The molecule has 0 saturated carbocycles. The fraction of sp³-hybridized carbons (Fsp3) is 0.444. The maximum Gasteiger partial charge on any atom is 0.0764 e. The van der Waals surface area contributed by atoms with E-state index in [4.69, 9.17) is 11.5 Å². The third kappa shape index (κ3) is 1.95. The van der Waals surface area contributed by atoms with E-state index < -0.39 is 0 Å². The highest BCUT2D eigenvalue weighted by atomic mass is 14.8. The van der Waals surface area contributed by atoms with Crippen LogP contribution in [0.3, 0.4) is 0 Å². The lowest BCUT2D eigenvalue weighted by molar-refractivity contribution is 0.694. The normalized spacial score (nSPS) is 21.2. The fourth-order valence-corrected chi connectivity index (χ4v) is 0.933. The molecule has 0 atom stereocenters. The highest BCUT2D eigenvalue weighted by molar-refractivity contribution is 5.70. The predicted molar refractivity (Wildman–Crippen MR) is 51.7 cm³/mol. The van der Waals surface area contributed by atoms with Crippen molar-refractivity contribution in [2.75, 3.05) is 6.54 Å². The first-order valence-electron chi connectivity index (χ1n) is 3.98. The Bertz CT molecular complexity index is 259. The van der Waals surface area contributed by atoms with Crippen LogP contribution >= 0.6 is 0 Å². The van der Waals surface area contributed by atoms with Crippen LogP contribution in [0.15, 0.2) is 28.5 Å². The first-order valence-corrected chi connectivity index (χ1v) is 3.98. The van der Waals surface area contributed by atoms with E-state index in [0.29, 0.717) is 12.2 Å². The molecule has 0 radical (unpaired) electrons. The molecule has 0 saturated heterocycles. The summed E-state index contributed by atoms with van der Waals surface area (Å²) < 4.78 is 0. The minimum absolute atomic E-state index is 0.0262. The van der Waals surface area contributed by atoms with Gasteiger partial charge < -0.3 is 11.5 Å². The number of hydrogen-bond acceptors (Lipinski definition) is 3. The molecule has 0 unspecified atom stereocenters. The summed E-state index contributed by atoms with van der Waals surface area (Å²) >= 11 is 0. The lowest BCUT2D eigenvalue weighted by Gasteiger charge is -2.10. The van der Waals surface area contributed by atoms with Crippen LogP contribution in [-0.4, -0.2) is 12.8 Å². The number of nitrogens with two attached hydrogens (primary N) is 2. The van der Waals surface area contributed by atoms with E-state index in [1.807, 2.05) is 18.4 Å². The Morgan fingerprint density at radius 2 is 2.17 bits per heavy atom. The minimum Gasteiger partial charge on any atom is -0.397 e. The second-order valence-electron chi connectivity index (χ2n) is 3.52. The molecule has 0 aromatic heterocycles. The molecule has 66 valence electrons. The molecule has 0 aliphatic carbocycles. The molecule has 1 rings (SSSR count). The highest BCUT2D eigenvalue weighted by Gasteiger charge is 2.13. The van der Waals surface area contributed by atoms with Crippen molar-refractivity contribution in [1.82, 2.24) is 0 Å². The van der Waals surface area contributed by atoms with Crippen LogP contribution in [-0.2, 0) is 0 Å². The van der Waals surface area contributed by atoms with Gasteiger partial charge in [0.2, 0.25) is 0 Å². The van der Waals surface area contributed by atoms with Crippen molar-refractivity contribution in [3.63, 3.8) is 0 Å². The summed E-state index contributed by atoms with van der Waals surface area (Å²) in [5.41, 5.74) is 12.6. The van der Waals surface area contributed by atoms with Crippen LogP contribution in [0, 0.1) is 5.41 Å². The van der Waals surface area contributed by atoms with Gasteiger partial charge in [-0.1, -0.05) is 19.9 Å². The number of aliphatic imine (C=N–C) groups is 1. The van der Waals surface area contributed by atoms with Gasteiger partial charge in [-0.05, 0) is 6.08 Å². The summed E-state index contributed by atoms with van der Waals surface area (Å²) in [7, 11) is 0. The standard InChI is InChI=1S/C9H15N3/c1-9(2)4-3-7(11)8(5-10)12-6-9/h3-4,6H,5,10-11H2,1-2H3. The molecule has 3 nitrogen and oxygen atoms in total. The van der Waals surface area contributed by atoms with Crippen molar-refractivity contribution in [2.45, 2.75) is 13.8 Å². The summed E-state index contributed by atoms with van der Waals surface area (Å²) in [6, 6.07) is 0. The third-order valence-corrected chi connectivity index (χ3v) is 1.77. The van der Waals surface area contributed by atoms with Gasteiger partial charge >= 0.3 is 0 Å². The molecule has 0 aromatic carbocycles. The molecule has 0 bridgehead atoms. The largest absolute Gasteiger partial charge is 0.397 e. The molecule has 0 spiro atoms. The number of allylic oxidation sites excluding steroid dienone is 2. The van der Waals surface area contributed by atoms with Gasteiger partial charge in [-0.2, -0.15) is 0 Å². The monoisotopic (exact) mass is 165 g/mol. The van der Waals surface area contributed by atoms with Crippen LogP contribution in [0.4, 0.5) is 0 Å². The first-order chi connectivity index (χ1) is 5.55. The SMILES string of the molecule is CC1(C)C=CC(N)=C(CN)N=C1. The Hall–Kier alpha value is -1.09. The lowest BCUT2D eigenvalue weighted by Crippen LogP contribution is -2.09. The summed E-state index contributed by atoms with van der Waals surface area (Å²) in [5, 5.41) is 0. The van der Waals surface area contributed by atoms with E-state index in [2.05, 4.69) is 18.8 Å². The van der Waals surface area contributed by atoms with Gasteiger partial charge in [0, 0.05) is 18.2 Å². The van der Waals surface area contributed by atoms with Crippen molar-refractivity contribution >= 4 is 6.21 Å². The average Bonchev–Trinajstić information content (AvgIpc) is 2.13. The fourth-order valence-electron chi connectivity index (χ4n) is 0.933. The second kappa shape index (κ2) is 3.11. The quantitative estimate of drug-likeness (QED) is 0.603. The zero-order valence-corrected chi connectivity index (χ0v) is 7.54. The molecule has 0 fully saturated rings. The van der Waals surface area contributed by atoms with Crippen molar-refractivity contribution in [2.24, 2.45) is 21.9 Å². The van der Waals surface area contributed by atoms with Gasteiger partial charge in [0.15, 0.2) is 0 Å². The zero-order valence-electron chi connectivity index (χ0n) is 7.54. The van der Waals surface area contributed by atoms with E-state index >= 15 is 0 Å². The lowest BCUT2D eigenvalue weighted by atomic mass is 9.95. The molecule has 0 aromatic rings. The molecule has 0 amide bonds. The van der Waals surface area contributed by atoms with Crippen LogP contribution in [0.5, 0.6) is 0 Å². The van der Waals surface area contributed by atoms with Crippen LogP contribution in [0.2, 0.25) is 0 Å². The van der Waals surface area contributed by atoms with Gasteiger partial charge in [0.1, 0.15) is 0 Å². The number of hydrogen-bond donors (Lipinski definition) is 2. The Morgan fingerprint density at radius 1 is 1.50 bits per heavy atom. The van der Waals surface area contributed by atoms with Gasteiger partial charge in [0.25, 0.3) is 0 Å². The van der Waals surface area contributed by atoms with E-state index in [1.54, 1.807) is 0 Å². The molecule has 1 aliphatic rings. The van der Waals surface area contributed by atoms with Crippen molar-refractivity contribution in [3.8, 4) is 0 Å². The van der Waals surface area contributed by atoms with E-state index in [1.165, 1.54) is 0 Å².